The number of benzene rings is 1. The lowest BCUT2D eigenvalue weighted by molar-refractivity contribution is -0.115. The van der Waals surface area contributed by atoms with Gasteiger partial charge >= 0.3 is 0 Å². The summed E-state index contributed by atoms with van der Waals surface area (Å²) in [5, 5.41) is 16.1. The number of hydrogen-bond donors (Lipinski definition) is 2. The van der Waals surface area contributed by atoms with Crippen LogP contribution in [0.5, 0.6) is 0 Å². The van der Waals surface area contributed by atoms with Crippen LogP contribution in [0.3, 0.4) is 0 Å². The summed E-state index contributed by atoms with van der Waals surface area (Å²) in [4.78, 5) is 13.0. The number of hydrogen-bond acceptors (Lipinski definition) is 5. The van der Waals surface area contributed by atoms with Crippen molar-refractivity contribution in [2.24, 2.45) is 0 Å². The number of carbonyl (C=O) groups excluding carboxylic acids is 1. The highest BCUT2D eigenvalue weighted by Crippen LogP contribution is 2.20. The van der Waals surface area contributed by atoms with Crippen molar-refractivity contribution in [3.05, 3.63) is 64.4 Å². The van der Waals surface area contributed by atoms with E-state index in [-0.39, 0.29) is 5.91 Å². The van der Waals surface area contributed by atoms with E-state index in [1.54, 1.807) is 23.5 Å². The van der Waals surface area contributed by atoms with Gasteiger partial charge in [-0.3, -0.25) is 4.79 Å². The number of amides is 1. The van der Waals surface area contributed by atoms with Gasteiger partial charge in [0.1, 0.15) is 0 Å². The zero-order valence-corrected chi connectivity index (χ0v) is 15.0. The zero-order chi connectivity index (χ0) is 17.6. The van der Waals surface area contributed by atoms with Gasteiger partial charge in [0.25, 0.3) is 0 Å². The first kappa shape index (κ1) is 17.1. The Hall–Kier alpha value is -2.73. The third-order valence-corrected chi connectivity index (χ3v) is 4.57. The smallest absolute Gasteiger partial charge is 0.230 e. The van der Waals surface area contributed by atoms with Gasteiger partial charge in [-0.05, 0) is 47.2 Å². The SMILES string of the molecule is CC(C)c1ccc(Nc2ccc(NC(=O)Cc3cccs3)nn2)cc1. The molecule has 128 valence electrons. The van der Waals surface area contributed by atoms with E-state index in [1.807, 2.05) is 29.6 Å². The molecule has 0 bridgehead atoms. The second-order valence-electron chi connectivity index (χ2n) is 6.01. The van der Waals surface area contributed by atoms with Crippen molar-refractivity contribution in [2.75, 3.05) is 10.6 Å². The Balaban J connectivity index is 1.57. The largest absolute Gasteiger partial charge is 0.339 e. The second kappa shape index (κ2) is 7.90. The van der Waals surface area contributed by atoms with Gasteiger partial charge in [-0.25, -0.2) is 0 Å². The molecule has 3 rings (SSSR count). The molecule has 0 unspecified atom stereocenters. The van der Waals surface area contributed by atoms with Gasteiger partial charge in [0.15, 0.2) is 11.6 Å². The van der Waals surface area contributed by atoms with Gasteiger partial charge in [0.2, 0.25) is 5.91 Å². The van der Waals surface area contributed by atoms with Crippen molar-refractivity contribution in [3.63, 3.8) is 0 Å². The van der Waals surface area contributed by atoms with Crippen molar-refractivity contribution < 1.29 is 4.79 Å². The van der Waals surface area contributed by atoms with Crippen LogP contribution in [0.15, 0.2) is 53.9 Å². The van der Waals surface area contributed by atoms with E-state index < -0.39 is 0 Å². The monoisotopic (exact) mass is 352 g/mol. The van der Waals surface area contributed by atoms with Gasteiger partial charge in [0.05, 0.1) is 6.42 Å². The summed E-state index contributed by atoms with van der Waals surface area (Å²) < 4.78 is 0. The lowest BCUT2D eigenvalue weighted by Crippen LogP contribution is -2.15. The van der Waals surface area contributed by atoms with Gasteiger partial charge in [0, 0.05) is 10.6 Å². The lowest BCUT2D eigenvalue weighted by atomic mass is 10.0. The summed E-state index contributed by atoms with van der Waals surface area (Å²) in [6.07, 6.45) is 0.349. The van der Waals surface area contributed by atoms with Crippen LogP contribution in [-0.2, 0) is 11.2 Å². The molecule has 6 heteroatoms. The summed E-state index contributed by atoms with van der Waals surface area (Å²) in [6.45, 7) is 4.33. The Morgan fingerprint density at radius 2 is 1.76 bits per heavy atom. The molecular formula is C19H20N4OS. The number of aromatic nitrogens is 2. The van der Waals surface area contributed by atoms with Crippen molar-refractivity contribution >= 4 is 34.6 Å². The Morgan fingerprint density at radius 3 is 2.36 bits per heavy atom. The molecule has 1 amide bonds. The van der Waals surface area contributed by atoms with Crippen LogP contribution < -0.4 is 10.6 Å². The standard InChI is InChI=1S/C19H20N4OS/c1-13(2)14-5-7-15(8-6-14)20-17-9-10-18(23-22-17)21-19(24)12-16-4-3-11-25-16/h3-11,13H,12H2,1-2H3,(H,20,22)(H,21,23,24). The predicted molar refractivity (Wildman–Crippen MR) is 102 cm³/mol. The average molecular weight is 352 g/mol. The molecular weight excluding hydrogens is 332 g/mol. The average Bonchev–Trinajstić information content (AvgIpc) is 3.10. The zero-order valence-electron chi connectivity index (χ0n) is 14.2. The molecule has 0 aliphatic rings. The molecule has 2 heterocycles. The number of thiophene rings is 1. The molecule has 1 aromatic carbocycles. The molecule has 2 N–H and O–H groups in total. The van der Waals surface area contributed by atoms with E-state index >= 15 is 0 Å². The van der Waals surface area contributed by atoms with Crippen LogP contribution in [0.1, 0.15) is 30.2 Å². The molecule has 0 saturated carbocycles. The van der Waals surface area contributed by atoms with Crippen LogP contribution in [0.4, 0.5) is 17.3 Å². The third-order valence-electron chi connectivity index (χ3n) is 3.70. The first-order chi connectivity index (χ1) is 12.1. The molecule has 3 aromatic rings. The van der Waals surface area contributed by atoms with E-state index in [9.17, 15) is 4.79 Å². The van der Waals surface area contributed by atoms with Gasteiger partial charge in [-0.1, -0.05) is 32.0 Å². The van der Waals surface area contributed by atoms with Gasteiger partial charge in [-0.2, -0.15) is 0 Å². The summed E-state index contributed by atoms with van der Waals surface area (Å²) in [7, 11) is 0. The van der Waals surface area contributed by atoms with Crippen LogP contribution in [0, 0.1) is 0 Å². The van der Waals surface area contributed by atoms with Crippen LogP contribution in [-0.4, -0.2) is 16.1 Å². The number of carbonyl (C=O) groups is 1. The molecule has 2 aromatic heterocycles. The third kappa shape index (κ3) is 4.87. The van der Waals surface area contributed by atoms with Crippen molar-refractivity contribution in [2.45, 2.75) is 26.2 Å². The molecule has 0 aliphatic heterocycles. The molecule has 0 spiro atoms. The maximum atomic E-state index is 12.0. The highest BCUT2D eigenvalue weighted by Gasteiger charge is 2.06. The highest BCUT2D eigenvalue weighted by atomic mass is 32.1. The quantitative estimate of drug-likeness (QED) is 0.681. The minimum Gasteiger partial charge on any atom is -0.339 e. The van der Waals surface area contributed by atoms with Crippen LogP contribution in [0.25, 0.3) is 0 Å². The van der Waals surface area contributed by atoms with Gasteiger partial charge in [-0.15, -0.1) is 21.5 Å². The lowest BCUT2D eigenvalue weighted by Gasteiger charge is -2.09. The number of anilines is 3. The van der Waals surface area contributed by atoms with Crippen molar-refractivity contribution in [1.82, 2.24) is 10.2 Å². The first-order valence-electron chi connectivity index (χ1n) is 8.13. The normalized spacial score (nSPS) is 10.7. The van der Waals surface area contributed by atoms with E-state index in [4.69, 9.17) is 0 Å². The topological polar surface area (TPSA) is 66.9 Å². The fourth-order valence-electron chi connectivity index (χ4n) is 2.32. The summed E-state index contributed by atoms with van der Waals surface area (Å²) >= 11 is 1.56. The molecule has 0 radical (unpaired) electrons. The molecule has 25 heavy (non-hydrogen) atoms. The maximum Gasteiger partial charge on any atom is 0.230 e. The van der Waals surface area contributed by atoms with Crippen molar-refractivity contribution in [1.29, 1.82) is 0 Å². The summed E-state index contributed by atoms with van der Waals surface area (Å²) in [5.74, 6) is 1.49. The van der Waals surface area contributed by atoms with E-state index in [0.29, 0.717) is 24.0 Å². The van der Waals surface area contributed by atoms with Crippen LogP contribution in [0.2, 0.25) is 0 Å². The Labute approximate surface area is 151 Å². The first-order valence-corrected chi connectivity index (χ1v) is 9.01. The van der Waals surface area contributed by atoms with E-state index in [1.165, 1.54) is 5.56 Å². The van der Waals surface area contributed by atoms with E-state index in [2.05, 4.69) is 46.8 Å². The maximum absolute atomic E-state index is 12.0. The van der Waals surface area contributed by atoms with Gasteiger partial charge < -0.3 is 10.6 Å². The molecule has 0 fully saturated rings. The summed E-state index contributed by atoms with van der Waals surface area (Å²) in [5.41, 5.74) is 2.24. The minimum absolute atomic E-state index is 0.0956. The Morgan fingerprint density at radius 1 is 1.04 bits per heavy atom. The fraction of sp³-hybridized carbons (Fsp3) is 0.211. The van der Waals surface area contributed by atoms with E-state index in [0.717, 1.165) is 10.6 Å². The Bertz CT molecular complexity index is 812. The summed E-state index contributed by atoms with van der Waals surface area (Å²) in [6, 6.07) is 15.6. The molecule has 5 nitrogen and oxygen atoms in total. The number of nitrogens with zero attached hydrogens (tertiary/aromatic N) is 2. The number of nitrogens with one attached hydrogen (secondary N) is 2. The fourth-order valence-corrected chi connectivity index (χ4v) is 3.03. The van der Waals surface area contributed by atoms with Crippen LogP contribution >= 0.6 is 11.3 Å². The molecule has 0 saturated heterocycles. The Kier molecular flexibility index (Phi) is 5.40. The minimum atomic E-state index is -0.0956. The van der Waals surface area contributed by atoms with Crippen molar-refractivity contribution in [3.8, 4) is 0 Å². The second-order valence-corrected chi connectivity index (χ2v) is 7.04. The number of rotatable bonds is 6. The highest BCUT2D eigenvalue weighted by molar-refractivity contribution is 7.10. The predicted octanol–water partition coefficient (Wildman–Crippen LogP) is 4.59. The molecule has 0 atom stereocenters. The molecule has 0 aliphatic carbocycles.